The van der Waals surface area contributed by atoms with Crippen molar-refractivity contribution in [2.45, 2.75) is 32.7 Å². The zero-order valence-electron chi connectivity index (χ0n) is 12.5. The molecule has 3 nitrogen and oxygen atoms in total. The molecule has 0 bridgehead atoms. The monoisotopic (exact) mass is 291 g/mol. The first-order chi connectivity index (χ1) is 9.77. The Morgan fingerprint density at radius 3 is 2.33 bits per heavy atom. The highest BCUT2D eigenvalue weighted by molar-refractivity contribution is 5.72. The van der Waals surface area contributed by atoms with E-state index in [0.29, 0.717) is 12.4 Å². The molecule has 2 N–H and O–H groups in total. The van der Waals surface area contributed by atoms with Crippen LogP contribution in [0.2, 0.25) is 0 Å². The van der Waals surface area contributed by atoms with Gasteiger partial charge in [0.25, 0.3) is 0 Å². The Balaban J connectivity index is 2.74. The maximum Gasteiger partial charge on any atom is 0.135 e. The summed E-state index contributed by atoms with van der Waals surface area (Å²) in [6.45, 7) is 10.0. The first-order valence-electron chi connectivity index (χ1n) is 6.69. The number of hydrogen-bond donors (Lipinski definition) is 1. The Morgan fingerprint density at radius 2 is 1.86 bits per heavy atom. The lowest BCUT2D eigenvalue weighted by Gasteiger charge is -2.19. The number of imidazole rings is 1. The summed E-state index contributed by atoms with van der Waals surface area (Å²) in [4.78, 5) is 4.40. The van der Waals surface area contributed by atoms with Crippen molar-refractivity contribution in [3.8, 4) is 11.3 Å². The third-order valence-corrected chi connectivity index (χ3v) is 3.19. The number of nitrogen functional groups attached to an aromatic ring is 1. The van der Waals surface area contributed by atoms with E-state index in [2.05, 4.69) is 11.6 Å². The van der Waals surface area contributed by atoms with Gasteiger partial charge >= 0.3 is 0 Å². The molecule has 0 aliphatic heterocycles. The van der Waals surface area contributed by atoms with Crippen LogP contribution in [-0.2, 0) is 12.0 Å². The average molecular weight is 291 g/mol. The highest BCUT2D eigenvalue weighted by atomic mass is 19.1. The fourth-order valence-electron chi connectivity index (χ4n) is 2.26. The highest BCUT2D eigenvalue weighted by Gasteiger charge is 2.27. The number of rotatable bonds is 3. The second kappa shape index (κ2) is 5.31. The molecule has 1 heterocycles. The van der Waals surface area contributed by atoms with Crippen molar-refractivity contribution in [2.24, 2.45) is 0 Å². The first kappa shape index (κ1) is 15.2. The number of halogens is 2. The van der Waals surface area contributed by atoms with Gasteiger partial charge in [-0.1, -0.05) is 32.9 Å². The van der Waals surface area contributed by atoms with Crippen molar-refractivity contribution in [3.63, 3.8) is 0 Å². The fraction of sp³-hybridized carbons (Fsp3) is 0.312. The molecule has 1 aromatic heterocycles. The van der Waals surface area contributed by atoms with Crippen LogP contribution in [-0.4, -0.2) is 9.55 Å². The largest absolute Gasteiger partial charge is 0.383 e. The van der Waals surface area contributed by atoms with Gasteiger partial charge in [0.2, 0.25) is 0 Å². The van der Waals surface area contributed by atoms with Crippen LogP contribution in [0.1, 0.15) is 26.6 Å². The highest BCUT2D eigenvalue weighted by Crippen LogP contribution is 2.34. The molecule has 0 amide bonds. The summed E-state index contributed by atoms with van der Waals surface area (Å²) in [7, 11) is 0. The zero-order chi connectivity index (χ0) is 15.8. The maximum absolute atomic E-state index is 14.0. The van der Waals surface area contributed by atoms with Crippen LogP contribution >= 0.6 is 0 Å². The molecular weight excluding hydrogens is 272 g/mol. The molecule has 0 aliphatic carbocycles. The lowest BCUT2D eigenvalue weighted by molar-refractivity contribution is 0.515. The number of benzene rings is 1. The number of allylic oxidation sites excluding steroid dienone is 1. The molecule has 2 aromatic rings. The second-order valence-electron chi connectivity index (χ2n) is 5.92. The van der Waals surface area contributed by atoms with Crippen molar-refractivity contribution in [1.29, 1.82) is 0 Å². The maximum atomic E-state index is 14.0. The molecule has 5 heteroatoms. The summed E-state index contributed by atoms with van der Waals surface area (Å²) in [6, 6.07) is 3.71. The molecule has 0 spiro atoms. The van der Waals surface area contributed by atoms with E-state index in [1.54, 1.807) is 10.6 Å². The van der Waals surface area contributed by atoms with Gasteiger partial charge in [-0.2, -0.15) is 0 Å². The third kappa shape index (κ3) is 2.68. The van der Waals surface area contributed by atoms with E-state index in [1.807, 2.05) is 20.8 Å². The van der Waals surface area contributed by atoms with Crippen molar-refractivity contribution >= 4 is 5.82 Å². The van der Waals surface area contributed by atoms with Crippen LogP contribution in [0.15, 0.2) is 30.9 Å². The summed E-state index contributed by atoms with van der Waals surface area (Å²) < 4.78 is 29.7. The van der Waals surface area contributed by atoms with Crippen molar-refractivity contribution in [1.82, 2.24) is 9.55 Å². The molecule has 21 heavy (non-hydrogen) atoms. The number of hydrogen-bond acceptors (Lipinski definition) is 2. The molecule has 0 radical (unpaired) electrons. The Hall–Kier alpha value is -2.17. The molecule has 0 aliphatic rings. The van der Waals surface area contributed by atoms with E-state index in [4.69, 9.17) is 5.73 Å². The zero-order valence-corrected chi connectivity index (χ0v) is 12.5. The van der Waals surface area contributed by atoms with E-state index in [9.17, 15) is 8.78 Å². The summed E-state index contributed by atoms with van der Waals surface area (Å²) in [5.41, 5.74) is 5.71. The standard InChI is InChI=1S/C16H19F2N3/c1-5-9-21-14(19)13(20-15(21)16(2,3)4)12-10(17)7-6-8-11(12)18/h5-8H,1,9,19H2,2-4H3. The van der Waals surface area contributed by atoms with Crippen molar-refractivity contribution < 1.29 is 8.78 Å². The number of anilines is 1. The summed E-state index contributed by atoms with van der Waals surface area (Å²) >= 11 is 0. The molecule has 112 valence electrons. The minimum absolute atomic E-state index is 0.136. The number of nitrogens with zero attached hydrogens (tertiary/aromatic N) is 2. The van der Waals surface area contributed by atoms with Crippen LogP contribution in [0.4, 0.5) is 14.6 Å². The third-order valence-electron chi connectivity index (χ3n) is 3.19. The second-order valence-corrected chi connectivity index (χ2v) is 5.92. The van der Waals surface area contributed by atoms with Gasteiger partial charge in [0.1, 0.15) is 29.0 Å². The van der Waals surface area contributed by atoms with E-state index < -0.39 is 11.6 Å². The summed E-state index contributed by atoms with van der Waals surface area (Å²) in [6.07, 6.45) is 1.68. The number of nitrogens with two attached hydrogens (primary N) is 1. The lowest BCUT2D eigenvalue weighted by atomic mass is 9.95. The molecule has 0 saturated heterocycles. The fourth-order valence-corrected chi connectivity index (χ4v) is 2.26. The van der Waals surface area contributed by atoms with Crippen LogP contribution < -0.4 is 5.73 Å². The molecule has 0 unspecified atom stereocenters. The van der Waals surface area contributed by atoms with Gasteiger partial charge < -0.3 is 10.3 Å². The Labute approximate surface area is 123 Å². The van der Waals surface area contributed by atoms with Crippen molar-refractivity contribution in [3.05, 3.63) is 48.3 Å². The normalized spacial score (nSPS) is 11.7. The lowest BCUT2D eigenvalue weighted by Crippen LogP contribution is -2.19. The minimum atomic E-state index is -0.676. The smallest absolute Gasteiger partial charge is 0.135 e. The molecule has 0 saturated carbocycles. The average Bonchev–Trinajstić information content (AvgIpc) is 2.68. The molecule has 0 fully saturated rings. The topological polar surface area (TPSA) is 43.8 Å². The Morgan fingerprint density at radius 1 is 1.29 bits per heavy atom. The van der Waals surface area contributed by atoms with Gasteiger partial charge in [0.15, 0.2) is 0 Å². The summed E-state index contributed by atoms with van der Waals surface area (Å²) in [5.74, 6) is -0.447. The van der Waals surface area contributed by atoms with Gasteiger partial charge in [-0.05, 0) is 12.1 Å². The summed E-state index contributed by atoms with van der Waals surface area (Å²) in [5, 5.41) is 0. The van der Waals surface area contributed by atoms with E-state index in [1.165, 1.54) is 18.2 Å². The van der Waals surface area contributed by atoms with Gasteiger partial charge in [0.05, 0.1) is 5.56 Å². The molecule has 2 rings (SSSR count). The molecular formula is C16H19F2N3. The quantitative estimate of drug-likeness (QED) is 0.872. The van der Waals surface area contributed by atoms with E-state index >= 15 is 0 Å². The van der Waals surface area contributed by atoms with Gasteiger partial charge in [-0.15, -0.1) is 6.58 Å². The van der Waals surface area contributed by atoms with Crippen LogP contribution in [0.5, 0.6) is 0 Å². The minimum Gasteiger partial charge on any atom is -0.383 e. The number of aromatic nitrogens is 2. The predicted molar refractivity (Wildman–Crippen MR) is 80.9 cm³/mol. The van der Waals surface area contributed by atoms with E-state index in [0.717, 1.165) is 0 Å². The van der Waals surface area contributed by atoms with E-state index in [-0.39, 0.29) is 22.5 Å². The predicted octanol–water partition coefficient (Wildman–Crippen LogP) is 3.89. The van der Waals surface area contributed by atoms with Gasteiger partial charge in [-0.3, -0.25) is 0 Å². The van der Waals surface area contributed by atoms with Crippen LogP contribution in [0, 0.1) is 11.6 Å². The SMILES string of the molecule is C=CCn1c(C(C)(C)C)nc(-c2c(F)cccc2F)c1N. The molecule has 1 aromatic carbocycles. The Kier molecular flexibility index (Phi) is 3.85. The van der Waals surface area contributed by atoms with Crippen molar-refractivity contribution in [2.75, 3.05) is 5.73 Å². The van der Waals surface area contributed by atoms with Crippen LogP contribution in [0.25, 0.3) is 11.3 Å². The first-order valence-corrected chi connectivity index (χ1v) is 6.69. The molecule has 0 atom stereocenters. The Bertz CT molecular complexity index is 661. The van der Waals surface area contributed by atoms with Gasteiger partial charge in [-0.25, -0.2) is 13.8 Å². The van der Waals surface area contributed by atoms with Gasteiger partial charge in [0, 0.05) is 12.0 Å². The van der Waals surface area contributed by atoms with Crippen LogP contribution in [0.3, 0.4) is 0 Å².